The van der Waals surface area contributed by atoms with Gasteiger partial charge in [-0.3, -0.25) is 0 Å². The van der Waals surface area contributed by atoms with Crippen LogP contribution in [0.2, 0.25) is 0 Å². The van der Waals surface area contributed by atoms with E-state index in [-0.39, 0.29) is 5.82 Å². The molecule has 2 heterocycles. The van der Waals surface area contributed by atoms with Crippen molar-refractivity contribution in [3.63, 3.8) is 0 Å². The molecule has 19 heavy (non-hydrogen) atoms. The van der Waals surface area contributed by atoms with Crippen molar-refractivity contribution in [1.82, 2.24) is 14.8 Å². The number of carbonyl (C=O) groups is 1. The molecule has 0 amide bonds. The summed E-state index contributed by atoms with van der Waals surface area (Å²) >= 11 is 0. The van der Waals surface area contributed by atoms with Crippen molar-refractivity contribution >= 4 is 11.8 Å². The molecular weight excluding hydrogens is 252 g/mol. The highest BCUT2D eigenvalue weighted by Crippen LogP contribution is 2.16. The molecule has 0 radical (unpaired) electrons. The summed E-state index contributed by atoms with van der Waals surface area (Å²) < 4.78 is 5.89. The van der Waals surface area contributed by atoms with E-state index in [9.17, 15) is 14.9 Å². The molecule has 0 saturated heterocycles. The molecule has 8 nitrogen and oxygen atoms in total. The zero-order valence-corrected chi connectivity index (χ0v) is 10.2. The number of methoxy groups -OCH3 is 1. The second kappa shape index (κ2) is 4.84. The summed E-state index contributed by atoms with van der Waals surface area (Å²) in [6.45, 7) is 1.66. The molecule has 2 aromatic rings. The highest BCUT2D eigenvalue weighted by Gasteiger charge is 2.18. The topological polar surface area (TPSA) is 100 Å². The molecular formula is C11H10N4O4. The van der Waals surface area contributed by atoms with E-state index in [1.165, 1.54) is 36.2 Å². The third kappa shape index (κ3) is 2.41. The Balaban J connectivity index is 2.47. The Morgan fingerprint density at radius 1 is 1.47 bits per heavy atom. The number of nitro groups is 1. The van der Waals surface area contributed by atoms with Gasteiger partial charge < -0.3 is 14.9 Å². The van der Waals surface area contributed by atoms with Gasteiger partial charge in [-0.15, -0.1) is 4.68 Å². The smallest absolute Gasteiger partial charge is 0.390 e. The van der Waals surface area contributed by atoms with E-state index >= 15 is 0 Å². The molecule has 0 aromatic carbocycles. The Kier molecular flexibility index (Phi) is 3.23. The van der Waals surface area contributed by atoms with Gasteiger partial charge in [-0.2, -0.15) is 0 Å². The summed E-state index contributed by atoms with van der Waals surface area (Å²) in [5.41, 5.74) is 0.839. The van der Waals surface area contributed by atoms with Gasteiger partial charge >= 0.3 is 11.8 Å². The van der Waals surface area contributed by atoms with Gasteiger partial charge in [-0.1, -0.05) is 0 Å². The van der Waals surface area contributed by atoms with Gasteiger partial charge in [-0.05, 0) is 24.0 Å². The monoisotopic (exact) mass is 262 g/mol. The largest absolute Gasteiger partial charge is 0.465 e. The Hall–Kier alpha value is -2.77. The normalized spacial score (nSPS) is 10.2. The first-order valence-corrected chi connectivity index (χ1v) is 5.28. The minimum atomic E-state index is -0.590. The van der Waals surface area contributed by atoms with Crippen LogP contribution in [0.15, 0.2) is 24.4 Å². The number of pyridine rings is 1. The summed E-state index contributed by atoms with van der Waals surface area (Å²) in [5, 5.41) is 14.5. The maximum Gasteiger partial charge on any atom is 0.390 e. The van der Waals surface area contributed by atoms with E-state index < -0.39 is 10.9 Å². The lowest BCUT2D eigenvalue weighted by Crippen LogP contribution is -2.06. The van der Waals surface area contributed by atoms with Crippen molar-refractivity contribution in [2.75, 3.05) is 7.11 Å². The van der Waals surface area contributed by atoms with Crippen molar-refractivity contribution in [1.29, 1.82) is 0 Å². The minimum absolute atomic E-state index is 0.275. The van der Waals surface area contributed by atoms with E-state index in [1.807, 2.05) is 0 Å². The van der Waals surface area contributed by atoms with E-state index in [2.05, 4.69) is 14.8 Å². The molecule has 0 saturated carbocycles. The zero-order valence-electron chi connectivity index (χ0n) is 10.2. The van der Waals surface area contributed by atoms with Crippen LogP contribution in [0.5, 0.6) is 0 Å². The lowest BCUT2D eigenvalue weighted by molar-refractivity contribution is -0.389. The number of rotatable bonds is 3. The third-order valence-electron chi connectivity index (χ3n) is 2.45. The van der Waals surface area contributed by atoms with Crippen molar-refractivity contribution in [2.24, 2.45) is 0 Å². The highest BCUT2D eigenvalue weighted by atomic mass is 16.6. The van der Waals surface area contributed by atoms with Gasteiger partial charge in [0.1, 0.15) is 0 Å². The molecule has 98 valence electrons. The predicted molar refractivity (Wildman–Crippen MR) is 64.1 cm³/mol. The first-order valence-electron chi connectivity index (χ1n) is 5.28. The number of carbonyl (C=O) groups excluding carboxylic acids is 1. The van der Waals surface area contributed by atoms with Gasteiger partial charge in [-0.25, -0.2) is 9.78 Å². The van der Waals surface area contributed by atoms with Crippen molar-refractivity contribution < 1.29 is 14.5 Å². The molecule has 0 fully saturated rings. The van der Waals surface area contributed by atoms with Crippen LogP contribution in [-0.4, -0.2) is 32.8 Å². The number of nitrogens with zero attached hydrogens (tertiary/aromatic N) is 4. The molecule has 8 heteroatoms. The summed E-state index contributed by atoms with van der Waals surface area (Å²) in [6, 6.07) is 4.27. The number of hydrogen-bond donors (Lipinski definition) is 0. The lowest BCUT2D eigenvalue weighted by atomic mass is 10.2. The van der Waals surface area contributed by atoms with Crippen LogP contribution in [0.3, 0.4) is 0 Å². The van der Waals surface area contributed by atoms with E-state index in [4.69, 9.17) is 0 Å². The molecule has 0 unspecified atom stereocenters. The van der Waals surface area contributed by atoms with E-state index in [0.717, 1.165) is 0 Å². The first kappa shape index (κ1) is 12.7. The standard InChI is InChI=1S/C11H10N4O4/c1-7-5-10(15(17)18)13-14(7)9-6-8(3-4-12-9)11(16)19-2/h3-6H,1-2H3. The maximum atomic E-state index is 11.4. The molecule has 2 rings (SSSR count). The van der Waals surface area contributed by atoms with Crippen LogP contribution in [0.25, 0.3) is 5.82 Å². The quantitative estimate of drug-likeness (QED) is 0.469. The van der Waals surface area contributed by atoms with Gasteiger partial charge in [0.05, 0.1) is 29.5 Å². The number of esters is 1. The van der Waals surface area contributed by atoms with Gasteiger partial charge in [0, 0.05) is 6.20 Å². The fraction of sp³-hybridized carbons (Fsp3) is 0.182. The van der Waals surface area contributed by atoms with E-state index in [1.54, 1.807) is 6.92 Å². The summed E-state index contributed by atoms with van der Waals surface area (Å²) in [5.74, 6) is -0.473. The first-order chi connectivity index (χ1) is 9.02. The molecule has 0 aliphatic rings. The van der Waals surface area contributed by atoms with Crippen molar-refractivity contribution in [3.8, 4) is 5.82 Å². The zero-order chi connectivity index (χ0) is 14.0. The third-order valence-corrected chi connectivity index (χ3v) is 2.45. The van der Waals surface area contributed by atoms with Crippen LogP contribution >= 0.6 is 0 Å². The Bertz CT molecular complexity index is 650. The molecule has 0 aliphatic heterocycles. The summed E-state index contributed by atoms with van der Waals surface area (Å²) in [7, 11) is 1.27. The second-order valence-electron chi connectivity index (χ2n) is 3.71. The van der Waals surface area contributed by atoms with Crippen LogP contribution in [0.4, 0.5) is 5.82 Å². The molecule has 0 atom stereocenters. The fourth-order valence-corrected chi connectivity index (χ4v) is 1.56. The average molecular weight is 262 g/mol. The van der Waals surface area contributed by atoms with Gasteiger partial charge in [0.25, 0.3) is 0 Å². The van der Waals surface area contributed by atoms with E-state index in [0.29, 0.717) is 17.1 Å². The summed E-state index contributed by atoms with van der Waals surface area (Å²) in [6.07, 6.45) is 1.41. The fourth-order valence-electron chi connectivity index (χ4n) is 1.56. The van der Waals surface area contributed by atoms with Crippen LogP contribution in [0, 0.1) is 17.0 Å². The number of hydrogen-bond acceptors (Lipinski definition) is 6. The predicted octanol–water partition coefficient (Wildman–Crippen LogP) is 1.27. The SMILES string of the molecule is COC(=O)c1ccnc(-n2nc([N+](=O)[O-])cc2C)c1. The van der Waals surface area contributed by atoms with Crippen LogP contribution in [-0.2, 0) is 4.74 Å². The Morgan fingerprint density at radius 2 is 2.21 bits per heavy atom. The number of aromatic nitrogens is 3. The van der Waals surface area contributed by atoms with Crippen LogP contribution in [0.1, 0.15) is 16.1 Å². The highest BCUT2D eigenvalue weighted by molar-refractivity contribution is 5.89. The lowest BCUT2D eigenvalue weighted by Gasteiger charge is -2.01. The minimum Gasteiger partial charge on any atom is -0.465 e. The molecule has 0 N–H and O–H groups in total. The molecule has 2 aromatic heterocycles. The second-order valence-corrected chi connectivity index (χ2v) is 3.71. The molecule has 0 spiro atoms. The van der Waals surface area contributed by atoms with Gasteiger partial charge in [0.2, 0.25) is 0 Å². The number of aryl methyl sites for hydroxylation is 1. The molecule has 0 bridgehead atoms. The molecule has 0 aliphatic carbocycles. The van der Waals surface area contributed by atoms with Gasteiger partial charge in [0.15, 0.2) is 5.82 Å². The van der Waals surface area contributed by atoms with Crippen LogP contribution < -0.4 is 0 Å². The van der Waals surface area contributed by atoms with Crippen molar-refractivity contribution in [3.05, 3.63) is 45.8 Å². The Morgan fingerprint density at radius 3 is 2.79 bits per heavy atom. The maximum absolute atomic E-state index is 11.4. The Labute approximate surface area is 107 Å². The summed E-state index contributed by atoms with van der Waals surface area (Å²) in [4.78, 5) is 25.5. The van der Waals surface area contributed by atoms with Crippen molar-refractivity contribution in [2.45, 2.75) is 6.92 Å². The average Bonchev–Trinajstić information content (AvgIpc) is 2.80. The number of ether oxygens (including phenoxy) is 1.